The van der Waals surface area contributed by atoms with Gasteiger partial charge in [-0.1, -0.05) is 25.7 Å². The van der Waals surface area contributed by atoms with E-state index in [-0.39, 0.29) is 23.4 Å². The van der Waals surface area contributed by atoms with Gasteiger partial charge in [-0.2, -0.15) is 0 Å². The van der Waals surface area contributed by atoms with Crippen molar-refractivity contribution in [2.45, 2.75) is 83.2 Å². The molecule has 4 aliphatic rings. The van der Waals surface area contributed by atoms with Crippen LogP contribution in [-0.4, -0.2) is 45.3 Å². The first-order chi connectivity index (χ1) is 14.2. The maximum atomic E-state index is 12.9. The third-order valence-electron chi connectivity index (χ3n) is 7.71. The second-order valence-electron chi connectivity index (χ2n) is 9.68. The normalized spacial score (nSPS) is 26.3. The van der Waals surface area contributed by atoms with Gasteiger partial charge in [-0.25, -0.2) is 4.98 Å². The Morgan fingerprint density at radius 3 is 2.59 bits per heavy atom. The largest absolute Gasteiger partial charge is 0.332 e. The van der Waals surface area contributed by atoms with Gasteiger partial charge in [0.05, 0.1) is 17.3 Å². The molecule has 6 nitrogen and oxygen atoms in total. The summed E-state index contributed by atoms with van der Waals surface area (Å²) in [4.78, 5) is 38.2. The fourth-order valence-electron chi connectivity index (χ4n) is 5.75. The molecule has 2 saturated carbocycles. The molecule has 29 heavy (non-hydrogen) atoms. The van der Waals surface area contributed by atoms with E-state index < -0.39 is 0 Å². The van der Waals surface area contributed by atoms with Crippen LogP contribution in [0.25, 0.3) is 0 Å². The first kappa shape index (κ1) is 19.3. The number of aromatic amines is 1. The first-order valence-corrected chi connectivity index (χ1v) is 11.8. The van der Waals surface area contributed by atoms with Crippen molar-refractivity contribution in [3.63, 3.8) is 0 Å². The molecule has 3 fully saturated rings. The van der Waals surface area contributed by atoms with Crippen molar-refractivity contribution in [2.24, 2.45) is 11.8 Å². The van der Waals surface area contributed by atoms with Gasteiger partial charge in [-0.05, 0) is 44.4 Å². The lowest BCUT2D eigenvalue weighted by Crippen LogP contribution is -2.41. The molecular weight excluding hydrogens is 364 g/mol. The van der Waals surface area contributed by atoms with E-state index in [4.69, 9.17) is 4.98 Å². The lowest BCUT2D eigenvalue weighted by molar-refractivity contribution is -0.139. The number of rotatable bonds is 4. The number of likely N-dealkylation sites (tertiary alicyclic amines) is 1. The molecule has 1 saturated heterocycles. The lowest BCUT2D eigenvalue weighted by atomic mass is 9.84. The minimum absolute atomic E-state index is 0.0151. The molecule has 3 heterocycles. The van der Waals surface area contributed by atoms with Crippen LogP contribution in [0.3, 0.4) is 0 Å². The van der Waals surface area contributed by atoms with E-state index in [0.717, 1.165) is 81.3 Å². The molecule has 1 N–H and O–H groups in total. The molecule has 158 valence electrons. The zero-order valence-electron chi connectivity index (χ0n) is 17.5. The molecule has 2 aliphatic heterocycles. The summed E-state index contributed by atoms with van der Waals surface area (Å²) >= 11 is 0. The van der Waals surface area contributed by atoms with Crippen molar-refractivity contribution in [3.05, 3.63) is 27.4 Å². The molecule has 0 bridgehead atoms. The molecule has 6 heteroatoms. The third kappa shape index (κ3) is 3.88. The average molecular weight is 399 g/mol. The van der Waals surface area contributed by atoms with Crippen LogP contribution in [0.1, 0.15) is 87.3 Å². The molecule has 0 radical (unpaired) electrons. The van der Waals surface area contributed by atoms with E-state index in [1.165, 1.54) is 38.5 Å². The van der Waals surface area contributed by atoms with Crippen molar-refractivity contribution in [1.29, 1.82) is 0 Å². The molecule has 0 spiro atoms. The van der Waals surface area contributed by atoms with Crippen LogP contribution in [0, 0.1) is 11.8 Å². The number of aromatic nitrogens is 2. The average Bonchev–Trinajstić information content (AvgIpc) is 3.18. The van der Waals surface area contributed by atoms with Gasteiger partial charge >= 0.3 is 0 Å². The summed E-state index contributed by atoms with van der Waals surface area (Å²) in [6, 6.07) is -0.0404. The van der Waals surface area contributed by atoms with Gasteiger partial charge in [-0.15, -0.1) is 0 Å². The molecule has 1 unspecified atom stereocenters. The molecule has 1 atom stereocenters. The van der Waals surface area contributed by atoms with E-state index >= 15 is 0 Å². The second-order valence-corrected chi connectivity index (χ2v) is 9.68. The summed E-state index contributed by atoms with van der Waals surface area (Å²) in [5, 5.41) is 0. The number of carbonyl (C=O) groups is 1. The maximum absolute atomic E-state index is 12.9. The highest BCUT2D eigenvalue weighted by molar-refractivity contribution is 5.80. The van der Waals surface area contributed by atoms with Crippen molar-refractivity contribution >= 4 is 5.91 Å². The molecule has 2 aliphatic carbocycles. The number of fused-ring (bicyclic) bond motifs is 1. The fourth-order valence-corrected chi connectivity index (χ4v) is 5.75. The van der Waals surface area contributed by atoms with Gasteiger partial charge in [0.15, 0.2) is 0 Å². The highest BCUT2D eigenvalue weighted by Crippen LogP contribution is 2.36. The predicted molar refractivity (Wildman–Crippen MR) is 111 cm³/mol. The summed E-state index contributed by atoms with van der Waals surface area (Å²) in [7, 11) is 0. The summed E-state index contributed by atoms with van der Waals surface area (Å²) in [6.07, 6.45) is 12.7. The van der Waals surface area contributed by atoms with E-state index in [2.05, 4.69) is 9.88 Å². The Labute approximate surface area is 173 Å². The molecule has 1 aromatic heterocycles. The predicted octanol–water partition coefficient (Wildman–Crippen LogP) is 3.17. The number of hydrogen-bond donors (Lipinski definition) is 1. The molecular formula is C23H34N4O2. The fraction of sp³-hybridized carbons (Fsp3) is 0.783. The van der Waals surface area contributed by atoms with E-state index in [0.29, 0.717) is 0 Å². The lowest BCUT2D eigenvalue weighted by Gasteiger charge is -2.34. The van der Waals surface area contributed by atoms with Crippen molar-refractivity contribution in [1.82, 2.24) is 19.8 Å². The summed E-state index contributed by atoms with van der Waals surface area (Å²) in [5.41, 5.74) is 1.83. The first-order valence-electron chi connectivity index (χ1n) is 11.8. The SMILES string of the molecule is O=C(C1CCC1)N1CCCC1c1nc2c(c(=O)[nH]1)CN(CC1CCCCC1)CC2. The number of H-pyrrole nitrogens is 1. The van der Waals surface area contributed by atoms with Crippen LogP contribution >= 0.6 is 0 Å². The van der Waals surface area contributed by atoms with Crippen LogP contribution in [0.5, 0.6) is 0 Å². The van der Waals surface area contributed by atoms with Crippen LogP contribution in [0.15, 0.2) is 4.79 Å². The Kier molecular flexibility index (Phi) is 5.46. The Balaban J connectivity index is 1.31. The smallest absolute Gasteiger partial charge is 0.255 e. The van der Waals surface area contributed by atoms with Gasteiger partial charge < -0.3 is 9.88 Å². The summed E-state index contributed by atoms with van der Waals surface area (Å²) in [6.45, 7) is 3.64. The van der Waals surface area contributed by atoms with Gasteiger partial charge in [-0.3, -0.25) is 14.5 Å². The quantitative estimate of drug-likeness (QED) is 0.846. The third-order valence-corrected chi connectivity index (χ3v) is 7.71. The van der Waals surface area contributed by atoms with Crippen molar-refractivity contribution < 1.29 is 4.79 Å². The van der Waals surface area contributed by atoms with Crippen LogP contribution in [0.4, 0.5) is 0 Å². The van der Waals surface area contributed by atoms with Gasteiger partial charge in [0.2, 0.25) is 5.91 Å². The molecule has 1 amide bonds. The molecule has 1 aromatic rings. The van der Waals surface area contributed by atoms with Crippen molar-refractivity contribution in [2.75, 3.05) is 19.6 Å². The van der Waals surface area contributed by atoms with Crippen LogP contribution < -0.4 is 5.56 Å². The van der Waals surface area contributed by atoms with E-state index in [1.807, 2.05) is 4.90 Å². The topological polar surface area (TPSA) is 69.3 Å². The van der Waals surface area contributed by atoms with Crippen molar-refractivity contribution in [3.8, 4) is 0 Å². The molecule has 0 aromatic carbocycles. The van der Waals surface area contributed by atoms with Crippen LogP contribution in [0.2, 0.25) is 0 Å². The number of nitrogens with zero attached hydrogens (tertiary/aromatic N) is 3. The standard InChI is InChI=1S/C23H34N4O2/c28-22-18-15-26(14-16-6-2-1-3-7-16)13-11-19(18)24-21(25-22)20-10-5-12-27(20)23(29)17-8-4-9-17/h16-17,20H,1-15H2,(H,24,25,28). The second kappa shape index (κ2) is 8.21. The maximum Gasteiger partial charge on any atom is 0.255 e. The molecule has 5 rings (SSSR count). The zero-order valence-corrected chi connectivity index (χ0v) is 17.5. The van der Waals surface area contributed by atoms with Gasteiger partial charge in [0.25, 0.3) is 5.56 Å². The highest BCUT2D eigenvalue weighted by atomic mass is 16.2. The zero-order chi connectivity index (χ0) is 19.8. The Hall–Kier alpha value is -1.69. The van der Waals surface area contributed by atoms with Gasteiger partial charge in [0.1, 0.15) is 5.82 Å². The minimum Gasteiger partial charge on any atom is -0.332 e. The van der Waals surface area contributed by atoms with E-state index in [1.54, 1.807) is 0 Å². The monoisotopic (exact) mass is 398 g/mol. The summed E-state index contributed by atoms with van der Waals surface area (Å²) in [5.74, 6) is 1.99. The number of amides is 1. The van der Waals surface area contributed by atoms with Gasteiger partial charge in [0, 0.05) is 38.5 Å². The minimum atomic E-state index is -0.0404. The summed E-state index contributed by atoms with van der Waals surface area (Å²) < 4.78 is 0. The van der Waals surface area contributed by atoms with E-state index in [9.17, 15) is 9.59 Å². The van der Waals surface area contributed by atoms with Crippen LogP contribution in [-0.2, 0) is 17.8 Å². The number of carbonyl (C=O) groups excluding carboxylic acids is 1. The number of nitrogens with one attached hydrogen (secondary N) is 1. The highest BCUT2D eigenvalue weighted by Gasteiger charge is 2.38. The Morgan fingerprint density at radius 2 is 1.83 bits per heavy atom. The number of hydrogen-bond acceptors (Lipinski definition) is 4. The Bertz CT molecular complexity index is 810. The Morgan fingerprint density at radius 1 is 1.00 bits per heavy atom.